The van der Waals surface area contributed by atoms with Crippen molar-refractivity contribution in [3.05, 3.63) is 54.1 Å². The summed E-state index contributed by atoms with van der Waals surface area (Å²) in [6.45, 7) is 2.39. The van der Waals surface area contributed by atoms with Gasteiger partial charge in [-0.3, -0.25) is 0 Å². The predicted molar refractivity (Wildman–Crippen MR) is 116 cm³/mol. The molecule has 0 saturated carbocycles. The number of hydrogen-bond acceptors (Lipinski definition) is 8. The number of nitrogens with one attached hydrogen (secondary N) is 2. The van der Waals surface area contributed by atoms with Crippen molar-refractivity contribution in [3.63, 3.8) is 0 Å². The standard InChI is InChI=1S/C22H21F3N4O4/c1-4-26-21-28-17(13-6-5-7-15(10-13)33-22(23,24)25)12-19(29-21)27-14-8-9-16(20(30)32-3)18(11-14)31-2/h5-12H,4H2,1-3H3,(H2,26,27,28,29). The van der Waals surface area contributed by atoms with Crippen molar-refractivity contribution in [1.29, 1.82) is 0 Å². The van der Waals surface area contributed by atoms with Crippen molar-refractivity contribution in [1.82, 2.24) is 9.97 Å². The first kappa shape index (κ1) is 23.6. The van der Waals surface area contributed by atoms with Gasteiger partial charge in [0.1, 0.15) is 22.9 Å². The maximum atomic E-state index is 12.6. The lowest BCUT2D eigenvalue weighted by Crippen LogP contribution is -2.17. The first-order chi connectivity index (χ1) is 15.7. The molecule has 3 rings (SSSR count). The van der Waals surface area contributed by atoms with Gasteiger partial charge in [0.25, 0.3) is 0 Å². The summed E-state index contributed by atoms with van der Waals surface area (Å²) >= 11 is 0. The molecule has 33 heavy (non-hydrogen) atoms. The smallest absolute Gasteiger partial charge is 0.496 e. The highest BCUT2D eigenvalue weighted by atomic mass is 19.4. The van der Waals surface area contributed by atoms with Gasteiger partial charge < -0.3 is 24.8 Å². The van der Waals surface area contributed by atoms with Gasteiger partial charge in [-0.05, 0) is 31.2 Å². The number of carbonyl (C=O) groups excluding carboxylic acids is 1. The maximum Gasteiger partial charge on any atom is 0.573 e. The van der Waals surface area contributed by atoms with Crippen LogP contribution in [0.4, 0.5) is 30.6 Å². The molecule has 0 aliphatic carbocycles. The van der Waals surface area contributed by atoms with Crippen LogP contribution < -0.4 is 20.1 Å². The Hall–Kier alpha value is -4.02. The van der Waals surface area contributed by atoms with E-state index < -0.39 is 12.3 Å². The van der Waals surface area contributed by atoms with E-state index in [1.165, 1.54) is 38.5 Å². The Kier molecular flexibility index (Phi) is 7.21. The maximum absolute atomic E-state index is 12.6. The molecule has 174 valence electrons. The highest BCUT2D eigenvalue weighted by Crippen LogP contribution is 2.30. The molecule has 8 nitrogen and oxygen atoms in total. The number of hydrogen-bond donors (Lipinski definition) is 2. The lowest BCUT2D eigenvalue weighted by Gasteiger charge is -2.14. The molecular formula is C22H21F3N4O4. The summed E-state index contributed by atoms with van der Waals surface area (Å²) in [5.74, 6) is 0.0353. The largest absolute Gasteiger partial charge is 0.573 e. The van der Waals surface area contributed by atoms with E-state index in [2.05, 4.69) is 25.3 Å². The molecule has 0 amide bonds. The van der Waals surface area contributed by atoms with Gasteiger partial charge in [-0.15, -0.1) is 13.2 Å². The zero-order valence-electron chi connectivity index (χ0n) is 18.0. The van der Waals surface area contributed by atoms with Gasteiger partial charge in [0.2, 0.25) is 5.95 Å². The molecule has 0 radical (unpaired) electrons. The third-order valence-electron chi connectivity index (χ3n) is 4.30. The molecule has 0 fully saturated rings. The predicted octanol–water partition coefficient (Wildman–Crippen LogP) is 5.01. The second-order valence-corrected chi connectivity index (χ2v) is 6.60. The van der Waals surface area contributed by atoms with Gasteiger partial charge in [0.15, 0.2) is 0 Å². The molecule has 1 heterocycles. The third-order valence-corrected chi connectivity index (χ3v) is 4.30. The lowest BCUT2D eigenvalue weighted by molar-refractivity contribution is -0.274. The average Bonchev–Trinajstić information content (AvgIpc) is 2.77. The Balaban J connectivity index is 1.96. The normalized spacial score (nSPS) is 11.0. The second-order valence-electron chi connectivity index (χ2n) is 6.60. The van der Waals surface area contributed by atoms with E-state index in [4.69, 9.17) is 9.47 Å². The van der Waals surface area contributed by atoms with Gasteiger partial charge in [-0.1, -0.05) is 12.1 Å². The molecule has 0 aliphatic rings. The number of rotatable bonds is 8. The summed E-state index contributed by atoms with van der Waals surface area (Å²) in [7, 11) is 2.70. The second kappa shape index (κ2) is 10.1. The first-order valence-corrected chi connectivity index (χ1v) is 9.75. The van der Waals surface area contributed by atoms with Crippen LogP contribution in [0.2, 0.25) is 0 Å². The van der Waals surface area contributed by atoms with Gasteiger partial charge in [-0.25, -0.2) is 9.78 Å². The molecule has 0 aliphatic heterocycles. The van der Waals surface area contributed by atoms with Gasteiger partial charge in [0.05, 0.1) is 19.9 Å². The Morgan fingerprint density at radius 2 is 1.85 bits per heavy atom. The number of esters is 1. The first-order valence-electron chi connectivity index (χ1n) is 9.75. The summed E-state index contributed by atoms with van der Waals surface area (Å²) in [4.78, 5) is 20.6. The Labute approximate surface area is 187 Å². The van der Waals surface area contributed by atoms with Crippen LogP contribution in [0.25, 0.3) is 11.3 Å². The van der Waals surface area contributed by atoms with Crippen LogP contribution in [0.5, 0.6) is 11.5 Å². The number of benzene rings is 2. The van der Waals surface area contributed by atoms with Crippen molar-refractivity contribution < 1.29 is 32.2 Å². The van der Waals surface area contributed by atoms with Crippen molar-refractivity contribution in [2.24, 2.45) is 0 Å². The molecule has 0 unspecified atom stereocenters. The van der Waals surface area contributed by atoms with E-state index in [1.807, 2.05) is 6.92 Å². The number of methoxy groups -OCH3 is 2. The van der Waals surface area contributed by atoms with E-state index in [1.54, 1.807) is 24.3 Å². The highest BCUT2D eigenvalue weighted by Gasteiger charge is 2.31. The summed E-state index contributed by atoms with van der Waals surface area (Å²) < 4.78 is 51.8. The molecule has 3 aromatic rings. The zero-order chi connectivity index (χ0) is 24.0. The molecule has 0 spiro atoms. The monoisotopic (exact) mass is 462 g/mol. The van der Waals surface area contributed by atoms with E-state index in [0.717, 1.165) is 0 Å². The number of anilines is 3. The van der Waals surface area contributed by atoms with Crippen molar-refractivity contribution in [2.45, 2.75) is 13.3 Å². The van der Waals surface area contributed by atoms with Crippen molar-refractivity contribution >= 4 is 23.4 Å². The van der Waals surface area contributed by atoms with E-state index in [0.29, 0.717) is 35.1 Å². The van der Waals surface area contributed by atoms with Crippen molar-refractivity contribution in [2.75, 3.05) is 31.4 Å². The van der Waals surface area contributed by atoms with Crippen LogP contribution in [0.15, 0.2) is 48.5 Å². The van der Waals surface area contributed by atoms with Crippen LogP contribution in [-0.2, 0) is 4.74 Å². The minimum absolute atomic E-state index is 0.253. The molecule has 0 atom stereocenters. The molecule has 0 bridgehead atoms. The Bertz CT molecular complexity index is 1140. The molecule has 11 heteroatoms. The van der Waals surface area contributed by atoms with Crippen LogP contribution >= 0.6 is 0 Å². The fraction of sp³-hybridized carbons (Fsp3) is 0.227. The summed E-state index contributed by atoms with van der Waals surface area (Å²) in [6.07, 6.45) is -4.80. The topological polar surface area (TPSA) is 94.6 Å². The number of carbonyl (C=O) groups is 1. The van der Waals surface area contributed by atoms with Gasteiger partial charge in [-0.2, -0.15) is 4.98 Å². The molecule has 1 aromatic heterocycles. The number of alkyl halides is 3. The number of nitrogens with zero attached hydrogens (tertiary/aromatic N) is 2. The number of aromatic nitrogens is 2. The fourth-order valence-corrected chi connectivity index (χ4v) is 2.94. The SMILES string of the molecule is CCNc1nc(Nc2ccc(C(=O)OC)c(OC)c2)cc(-c2cccc(OC(F)(F)F)c2)n1. The quantitative estimate of drug-likeness (QED) is 0.451. The molecule has 2 N–H and O–H groups in total. The highest BCUT2D eigenvalue weighted by molar-refractivity contribution is 5.93. The molecular weight excluding hydrogens is 441 g/mol. The lowest BCUT2D eigenvalue weighted by atomic mass is 10.1. The molecule has 2 aromatic carbocycles. The van der Waals surface area contributed by atoms with Crippen LogP contribution in [0, 0.1) is 0 Å². The van der Waals surface area contributed by atoms with Crippen LogP contribution in [0.3, 0.4) is 0 Å². The minimum Gasteiger partial charge on any atom is -0.496 e. The van der Waals surface area contributed by atoms with Crippen LogP contribution in [0.1, 0.15) is 17.3 Å². The third kappa shape index (κ3) is 6.25. The zero-order valence-corrected chi connectivity index (χ0v) is 18.0. The van der Waals surface area contributed by atoms with Gasteiger partial charge in [0, 0.05) is 29.9 Å². The van der Waals surface area contributed by atoms with Crippen LogP contribution in [-0.4, -0.2) is 43.1 Å². The summed E-state index contributed by atoms with van der Waals surface area (Å²) in [6, 6.07) is 11.8. The Morgan fingerprint density at radius 1 is 1.06 bits per heavy atom. The van der Waals surface area contributed by atoms with E-state index >= 15 is 0 Å². The summed E-state index contributed by atoms with van der Waals surface area (Å²) in [5, 5.41) is 6.08. The average molecular weight is 462 g/mol. The fourth-order valence-electron chi connectivity index (χ4n) is 2.94. The van der Waals surface area contributed by atoms with E-state index in [9.17, 15) is 18.0 Å². The van der Waals surface area contributed by atoms with Crippen molar-refractivity contribution in [3.8, 4) is 22.8 Å². The molecule has 0 saturated heterocycles. The minimum atomic E-state index is -4.80. The van der Waals surface area contributed by atoms with Gasteiger partial charge >= 0.3 is 12.3 Å². The van der Waals surface area contributed by atoms with E-state index in [-0.39, 0.29) is 17.3 Å². The summed E-state index contributed by atoms with van der Waals surface area (Å²) in [5.41, 5.74) is 1.58. The Morgan fingerprint density at radius 3 is 2.52 bits per heavy atom. The number of ether oxygens (including phenoxy) is 3. The number of halogens is 3.